The molecule has 2 nitrogen and oxygen atoms in total. The minimum Gasteiger partial charge on any atom is -0.313 e. The van der Waals surface area contributed by atoms with Crippen molar-refractivity contribution in [2.75, 3.05) is 13.1 Å². The van der Waals surface area contributed by atoms with Crippen LogP contribution in [0.15, 0.2) is 12.2 Å². The molecule has 0 bridgehead atoms. The Morgan fingerprint density at radius 3 is 2.65 bits per heavy atom. The van der Waals surface area contributed by atoms with Crippen molar-refractivity contribution < 1.29 is 0 Å². The standard InChI is InChI=1S/C15H26N2/c1-2-7-14(8-3-1)17(15-9-10-15)12-13-6-4-5-11-16-13/h2,7,13-16H,1,3-6,8-12H2. The first-order chi connectivity index (χ1) is 8.43. The van der Waals surface area contributed by atoms with Crippen molar-refractivity contribution >= 4 is 0 Å². The fourth-order valence-electron chi connectivity index (χ4n) is 3.37. The first-order valence-corrected chi connectivity index (χ1v) is 7.59. The van der Waals surface area contributed by atoms with Crippen LogP contribution in [0.4, 0.5) is 0 Å². The second kappa shape index (κ2) is 5.53. The number of hydrogen-bond acceptors (Lipinski definition) is 2. The Morgan fingerprint density at radius 2 is 2.00 bits per heavy atom. The van der Waals surface area contributed by atoms with E-state index in [1.54, 1.807) is 0 Å². The van der Waals surface area contributed by atoms with Gasteiger partial charge in [-0.2, -0.15) is 0 Å². The lowest BCUT2D eigenvalue weighted by Gasteiger charge is -2.36. The van der Waals surface area contributed by atoms with Gasteiger partial charge >= 0.3 is 0 Å². The maximum absolute atomic E-state index is 3.71. The molecule has 96 valence electrons. The second-order valence-corrected chi connectivity index (χ2v) is 6.00. The minimum atomic E-state index is 0.750. The van der Waals surface area contributed by atoms with E-state index in [1.807, 2.05) is 0 Å². The largest absolute Gasteiger partial charge is 0.313 e. The zero-order chi connectivity index (χ0) is 11.5. The molecule has 1 aliphatic heterocycles. The van der Waals surface area contributed by atoms with Crippen LogP contribution in [-0.4, -0.2) is 36.1 Å². The van der Waals surface area contributed by atoms with Crippen LogP contribution in [0.5, 0.6) is 0 Å². The summed E-state index contributed by atoms with van der Waals surface area (Å²) in [5, 5.41) is 3.71. The summed E-state index contributed by atoms with van der Waals surface area (Å²) in [6.45, 7) is 2.53. The summed E-state index contributed by atoms with van der Waals surface area (Å²) in [4.78, 5) is 2.80. The fraction of sp³-hybridized carbons (Fsp3) is 0.867. The minimum absolute atomic E-state index is 0.750. The average molecular weight is 234 g/mol. The molecular formula is C15H26N2. The topological polar surface area (TPSA) is 15.3 Å². The Bertz CT molecular complexity index is 264. The van der Waals surface area contributed by atoms with E-state index in [0.29, 0.717) is 0 Å². The molecule has 0 amide bonds. The van der Waals surface area contributed by atoms with E-state index in [9.17, 15) is 0 Å². The lowest BCUT2D eigenvalue weighted by atomic mass is 9.99. The molecule has 2 unspecified atom stereocenters. The number of hydrogen-bond donors (Lipinski definition) is 1. The Morgan fingerprint density at radius 1 is 1.06 bits per heavy atom. The van der Waals surface area contributed by atoms with Crippen LogP contribution in [-0.2, 0) is 0 Å². The monoisotopic (exact) mass is 234 g/mol. The first kappa shape index (κ1) is 11.7. The second-order valence-electron chi connectivity index (χ2n) is 6.00. The van der Waals surface area contributed by atoms with Crippen LogP contribution < -0.4 is 5.32 Å². The van der Waals surface area contributed by atoms with Gasteiger partial charge in [-0.15, -0.1) is 0 Å². The van der Waals surface area contributed by atoms with Crippen LogP contribution in [0, 0.1) is 0 Å². The molecule has 0 spiro atoms. The molecule has 1 saturated carbocycles. The van der Waals surface area contributed by atoms with E-state index in [2.05, 4.69) is 22.4 Å². The Labute approximate surface area is 105 Å². The highest BCUT2D eigenvalue weighted by molar-refractivity contribution is 5.03. The number of nitrogens with one attached hydrogen (secondary N) is 1. The molecule has 2 fully saturated rings. The quantitative estimate of drug-likeness (QED) is 0.752. The van der Waals surface area contributed by atoms with Crippen molar-refractivity contribution in [3.63, 3.8) is 0 Å². The van der Waals surface area contributed by atoms with Gasteiger partial charge in [-0.3, -0.25) is 4.90 Å². The molecule has 2 atom stereocenters. The normalized spacial score (nSPS) is 34.2. The van der Waals surface area contributed by atoms with Gasteiger partial charge < -0.3 is 5.32 Å². The van der Waals surface area contributed by atoms with Gasteiger partial charge in [0.2, 0.25) is 0 Å². The molecule has 0 aromatic carbocycles. The van der Waals surface area contributed by atoms with Crippen molar-refractivity contribution in [1.29, 1.82) is 0 Å². The van der Waals surface area contributed by atoms with Crippen molar-refractivity contribution in [1.82, 2.24) is 10.2 Å². The lowest BCUT2D eigenvalue weighted by Crippen LogP contribution is -2.48. The van der Waals surface area contributed by atoms with Gasteiger partial charge in [-0.1, -0.05) is 18.6 Å². The average Bonchev–Trinajstić information content (AvgIpc) is 3.23. The molecule has 2 heteroatoms. The van der Waals surface area contributed by atoms with Gasteiger partial charge in [0.05, 0.1) is 0 Å². The van der Waals surface area contributed by atoms with Crippen LogP contribution >= 0.6 is 0 Å². The van der Waals surface area contributed by atoms with Gasteiger partial charge in [-0.25, -0.2) is 0 Å². The molecule has 0 aromatic rings. The number of allylic oxidation sites excluding steroid dienone is 1. The zero-order valence-electron chi connectivity index (χ0n) is 10.9. The Balaban J connectivity index is 1.58. The highest BCUT2D eigenvalue weighted by Crippen LogP contribution is 2.32. The van der Waals surface area contributed by atoms with Crippen molar-refractivity contribution in [2.24, 2.45) is 0 Å². The third kappa shape index (κ3) is 3.11. The molecule has 1 saturated heterocycles. The van der Waals surface area contributed by atoms with Crippen LogP contribution in [0.2, 0.25) is 0 Å². The zero-order valence-corrected chi connectivity index (χ0v) is 10.9. The van der Waals surface area contributed by atoms with Crippen LogP contribution in [0.3, 0.4) is 0 Å². The van der Waals surface area contributed by atoms with E-state index in [1.165, 1.54) is 64.5 Å². The third-order valence-corrected chi connectivity index (χ3v) is 4.51. The summed E-state index contributed by atoms with van der Waals surface area (Å²) in [7, 11) is 0. The van der Waals surface area contributed by atoms with E-state index < -0.39 is 0 Å². The maximum atomic E-state index is 3.71. The lowest BCUT2D eigenvalue weighted by molar-refractivity contribution is 0.171. The summed E-state index contributed by atoms with van der Waals surface area (Å²) in [5.74, 6) is 0. The van der Waals surface area contributed by atoms with Gasteiger partial charge in [0.25, 0.3) is 0 Å². The molecule has 17 heavy (non-hydrogen) atoms. The Kier molecular flexibility index (Phi) is 3.82. The third-order valence-electron chi connectivity index (χ3n) is 4.51. The van der Waals surface area contributed by atoms with Crippen molar-refractivity contribution in [3.8, 4) is 0 Å². The summed E-state index contributed by atoms with van der Waals surface area (Å²) in [6, 6.07) is 2.42. The van der Waals surface area contributed by atoms with Crippen LogP contribution in [0.25, 0.3) is 0 Å². The SMILES string of the molecule is C1=CC(N(CC2CCCCN2)C2CC2)CCC1. The molecule has 3 aliphatic rings. The molecule has 0 aromatic heterocycles. The van der Waals surface area contributed by atoms with E-state index in [4.69, 9.17) is 0 Å². The number of rotatable bonds is 4. The predicted octanol–water partition coefficient (Wildman–Crippen LogP) is 2.70. The van der Waals surface area contributed by atoms with Gasteiger partial charge in [0.15, 0.2) is 0 Å². The summed E-state index contributed by atoms with van der Waals surface area (Å²) in [6.07, 6.45) is 16.0. The molecule has 1 N–H and O–H groups in total. The molecule has 1 heterocycles. The first-order valence-electron chi connectivity index (χ1n) is 7.59. The summed E-state index contributed by atoms with van der Waals surface area (Å²) in [5.41, 5.74) is 0. The van der Waals surface area contributed by atoms with Crippen molar-refractivity contribution in [2.45, 2.75) is 69.5 Å². The van der Waals surface area contributed by atoms with E-state index >= 15 is 0 Å². The van der Waals surface area contributed by atoms with E-state index in [0.717, 1.165) is 18.1 Å². The van der Waals surface area contributed by atoms with Crippen molar-refractivity contribution in [3.05, 3.63) is 12.2 Å². The van der Waals surface area contributed by atoms with Gasteiger partial charge in [0.1, 0.15) is 0 Å². The smallest absolute Gasteiger partial charge is 0.0281 e. The van der Waals surface area contributed by atoms with E-state index in [-0.39, 0.29) is 0 Å². The number of nitrogens with zero attached hydrogens (tertiary/aromatic N) is 1. The Hall–Kier alpha value is -0.340. The van der Waals surface area contributed by atoms with Crippen LogP contribution in [0.1, 0.15) is 51.4 Å². The predicted molar refractivity (Wildman–Crippen MR) is 72.1 cm³/mol. The van der Waals surface area contributed by atoms with Gasteiger partial charge in [0, 0.05) is 24.7 Å². The molecule has 3 rings (SSSR count). The fourth-order valence-corrected chi connectivity index (χ4v) is 3.37. The summed E-state index contributed by atoms with van der Waals surface area (Å²) >= 11 is 0. The van der Waals surface area contributed by atoms with Gasteiger partial charge in [-0.05, 0) is 51.5 Å². The highest BCUT2D eigenvalue weighted by Gasteiger charge is 2.34. The summed E-state index contributed by atoms with van der Waals surface area (Å²) < 4.78 is 0. The molecule has 2 aliphatic carbocycles. The molecular weight excluding hydrogens is 208 g/mol. The number of piperidine rings is 1. The highest BCUT2D eigenvalue weighted by atomic mass is 15.2. The molecule has 0 radical (unpaired) electrons. The maximum Gasteiger partial charge on any atom is 0.0281 e.